The van der Waals surface area contributed by atoms with Crippen LogP contribution in [0.4, 0.5) is 0 Å². The molecule has 0 saturated heterocycles. The molecule has 0 radical (unpaired) electrons. The van der Waals surface area contributed by atoms with Gasteiger partial charge in [-0.3, -0.25) is 9.55 Å². The van der Waals surface area contributed by atoms with E-state index in [1.54, 1.807) is 0 Å². The van der Waals surface area contributed by atoms with Crippen molar-refractivity contribution in [3.05, 3.63) is 162 Å². The first-order chi connectivity index (χ1) is 30.8. The number of aromatic nitrogens is 3. The summed E-state index contributed by atoms with van der Waals surface area (Å²) in [5.74, 6) is 0.944. The van der Waals surface area contributed by atoms with Crippen molar-refractivity contribution >= 4 is 24.3 Å². The first-order valence-electron chi connectivity index (χ1n) is 23.5. The molecule has 6 heteroatoms. The summed E-state index contributed by atoms with van der Waals surface area (Å²) in [6.07, 6.45) is 1.92. The number of imidazole rings is 1. The summed E-state index contributed by atoms with van der Waals surface area (Å²) in [4.78, 5) is 10.7. The molecule has 0 atom stereocenters. The van der Waals surface area contributed by atoms with Crippen LogP contribution in [0.25, 0.3) is 72.7 Å². The number of fused-ring (bicyclic) bond motifs is 1. The molecule has 8 rings (SSSR count). The van der Waals surface area contributed by atoms with Crippen LogP contribution >= 0.6 is 0 Å². The van der Waals surface area contributed by atoms with Crippen LogP contribution in [0.5, 0.6) is 5.75 Å². The second kappa shape index (κ2) is 17.9. The van der Waals surface area contributed by atoms with E-state index in [4.69, 9.17) is 9.97 Å². The second-order valence-electron chi connectivity index (χ2n) is 23.4. The number of aromatic hydroxyl groups is 1. The zero-order valence-electron chi connectivity index (χ0n) is 42.3. The van der Waals surface area contributed by atoms with Crippen molar-refractivity contribution in [2.24, 2.45) is 0 Å². The van der Waals surface area contributed by atoms with Crippen LogP contribution in [0.1, 0.15) is 105 Å². The van der Waals surface area contributed by atoms with Gasteiger partial charge in [-0.2, -0.15) is 0 Å². The fourth-order valence-electron chi connectivity index (χ4n) is 8.80. The van der Waals surface area contributed by atoms with Crippen molar-refractivity contribution in [1.82, 2.24) is 14.5 Å². The van der Waals surface area contributed by atoms with Crippen LogP contribution in [-0.4, -0.2) is 27.7 Å². The minimum atomic E-state index is -1.43. The van der Waals surface area contributed by atoms with Crippen LogP contribution in [0.15, 0.2) is 134 Å². The van der Waals surface area contributed by atoms with Gasteiger partial charge in [0.05, 0.1) is 30.4 Å². The number of phenolic OH excluding ortho intramolecular Hbond substituents is 1. The number of hydrogen-bond acceptors (Lipinski definition) is 3. The molecular weight excluding hydrogens is 925 g/mol. The van der Waals surface area contributed by atoms with Crippen molar-refractivity contribution in [1.29, 1.82) is 0 Å². The molecular formula is C61H68N3OPdSi-. The Kier molecular flexibility index (Phi) is 13.3. The molecule has 0 amide bonds. The van der Waals surface area contributed by atoms with Gasteiger partial charge in [-0.1, -0.05) is 204 Å². The van der Waals surface area contributed by atoms with E-state index in [1.165, 1.54) is 21.9 Å². The van der Waals surface area contributed by atoms with E-state index in [0.717, 1.165) is 66.9 Å². The number of nitrogens with zero attached hydrogens (tertiary/aromatic N) is 3. The Morgan fingerprint density at radius 1 is 0.522 bits per heavy atom. The van der Waals surface area contributed by atoms with Crippen LogP contribution < -0.4 is 5.19 Å². The van der Waals surface area contributed by atoms with Crippen molar-refractivity contribution in [3.8, 4) is 67.5 Å². The normalized spacial score (nSPS) is 12.6. The fraction of sp³-hybridized carbons (Fsp3) is 0.311. The van der Waals surface area contributed by atoms with Crippen molar-refractivity contribution in [2.75, 3.05) is 0 Å². The van der Waals surface area contributed by atoms with Gasteiger partial charge in [-0.05, 0) is 79.8 Å². The molecule has 2 heterocycles. The van der Waals surface area contributed by atoms with Gasteiger partial charge in [-0.15, -0.1) is 29.3 Å². The molecule has 0 aliphatic rings. The molecule has 2 aromatic heterocycles. The number of rotatable bonds is 7. The monoisotopic (exact) mass is 992 g/mol. The maximum absolute atomic E-state index is 12.6. The molecule has 0 saturated carbocycles. The summed E-state index contributed by atoms with van der Waals surface area (Å²) in [5, 5.41) is 14.0. The minimum Gasteiger partial charge on any atom is -0.507 e. The number of phenols is 1. The standard InChI is InChI=1S/C61H68N3OSi.Pd/c1-58(2,3)44-26-29-53(49(36-44)40-20-17-16-18-21-40)64-54-23-19-22-48(55(54)63-57(64)50-37-46(60(7,8)9)38-51(56(50)65)61(10,11)12)42-32-43(34-45(33-42)59(4,5)6)52-35-41(30-31-62-52)39-24-27-47(28-25-39)66(13,14)15;/h16-31,33-38,65H,1-15H3;/q-1;. The molecule has 0 bridgehead atoms. The molecule has 1 N–H and O–H groups in total. The van der Waals surface area contributed by atoms with Gasteiger partial charge < -0.3 is 5.11 Å². The molecule has 0 spiro atoms. The average molecular weight is 994 g/mol. The van der Waals surface area contributed by atoms with E-state index in [2.05, 4.69) is 241 Å². The Morgan fingerprint density at radius 2 is 1.13 bits per heavy atom. The van der Waals surface area contributed by atoms with Gasteiger partial charge in [-0.25, -0.2) is 4.98 Å². The summed E-state index contributed by atoms with van der Waals surface area (Å²) >= 11 is 0. The van der Waals surface area contributed by atoms with E-state index >= 15 is 0 Å². The smallest absolute Gasteiger partial charge is 0.148 e. The maximum Gasteiger partial charge on any atom is 0.148 e. The van der Waals surface area contributed by atoms with Crippen LogP contribution in [0.2, 0.25) is 19.6 Å². The molecule has 0 aliphatic heterocycles. The molecule has 4 nitrogen and oxygen atoms in total. The van der Waals surface area contributed by atoms with Crippen LogP contribution in [0.3, 0.4) is 0 Å². The number of hydrogen-bond donors (Lipinski definition) is 1. The molecule has 348 valence electrons. The van der Waals surface area contributed by atoms with Gasteiger partial charge in [0.15, 0.2) is 0 Å². The molecule has 0 unspecified atom stereocenters. The molecule has 0 aliphatic carbocycles. The zero-order chi connectivity index (χ0) is 47.7. The second-order valence-corrected chi connectivity index (χ2v) is 28.5. The first kappa shape index (κ1) is 49.5. The Hall–Kier alpha value is -5.38. The van der Waals surface area contributed by atoms with Gasteiger partial charge in [0.2, 0.25) is 0 Å². The third-order valence-corrected chi connectivity index (χ3v) is 15.1. The molecule has 67 heavy (non-hydrogen) atoms. The summed E-state index contributed by atoms with van der Waals surface area (Å²) in [5.41, 5.74) is 15.4. The van der Waals surface area contributed by atoms with E-state index in [0.29, 0.717) is 11.4 Å². The quantitative estimate of drug-likeness (QED) is 0.128. The Balaban J connectivity index is 0.00000666. The van der Waals surface area contributed by atoms with Crippen LogP contribution in [0, 0.1) is 6.07 Å². The van der Waals surface area contributed by atoms with Gasteiger partial charge >= 0.3 is 0 Å². The topological polar surface area (TPSA) is 50.9 Å². The minimum absolute atomic E-state index is 0. The molecule has 0 fully saturated rings. The Labute approximate surface area is 415 Å². The first-order valence-corrected chi connectivity index (χ1v) is 27.0. The van der Waals surface area contributed by atoms with E-state index < -0.39 is 8.07 Å². The molecule has 6 aromatic carbocycles. The fourth-order valence-corrected chi connectivity index (χ4v) is 9.97. The zero-order valence-corrected chi connectivity index (χ0v) is 44.9. The predicted molar refractivity (Wildman–Crippen MR) is 284 cm³/mol. The van der Waals surface area contributed by atoms with Crippen LogP contribution in [-0.2, 0) is 42.1 Å². The van der Waals surface area contributed by atoms with E-state index in [-0.39, 0.29) is 47.8 Å². The largest absolute Gasteiger partial charge is 0.507 e. The summed E-state index contributed by atoms with van der Waals surface area (Å²) in [6.45, 7) is 33.9. The van der Waals surface area contributed by atoms with Crippen molar-refractivity contribution < 1.29 is 25.5 Å². The maximum atomic E-state index is 12.6. The number of benzene rings is 6. The van der Waals surface area contributed by atoms with Gasteiger partial charge in [0.25, 0.3) is 0 Å². The summed E-state index contributed by atoms with van der Waals surface area (Å²) in [7, 11) is -1.43. The van der Waals surface area contributed by atoms with Crippen molar-refractivity contribution in [3.63, 3.8) is 0 Å². The Bertz CT molecular complexity index is 3090. The summed E-state index contributed by atoms with van der Waals surface area (Å²) in [6, 6.07) is 50.1. The SMILES string of the molecule is CC(C)(C)c1cc(-c2cc(-c3ccc([Si](C)(C)C)cc3)ccn2)[c-]c(-c2cccc3c2nc(-c2cc(C(C)(C)C)cc(C(C)(C)C)c2O)n3-c2ccc(C(C)(C)C)cc2-c2ccccc2)c1.[Pd]. The molecule has 8 aromatic rings. The van der Waals surface area contributed by atoms with Crippen molar-refractivity contribution in [2.45, 2.75) is 124 Å². The Morgan fingerprint density at radius 3 is 1.75 bits per heavy atom. The third-order valence-electron chi connectivity index (χ3n) is 13.0. The number of pyridine rings is 1. The van der Waals surface area contributed by atoms with E-state index in [1.807, 2.05) is 6.20 Å². The van der Waals surface area contributed by atoms with Gasteiger partial charge in [0, 0.05) is 43.4 Å². The van der Waals surface area contributed by atoms with E-state index in [9.17, 15) is 5.11 Å². The predicted octanol–water partition coefficient (Wildman–Crippen LogP) is 16.0. The van der Waals surface area contributed by atoms with Gasteiger partial charge in [0.1, 0.15) is 11.6 Å². The third kappa shape index (κ3) is 10.1. The average Bonchev–Trinajstić information content (AvgIpc) is 3.64. The summed E-state index contributed by atoms with van der Waals surface area (Å²) < 4.78 is 2.29. The number of para-hydroxylation sites is 1.